The van der Waals surface area contributed by atoms with Crippen LogP contribution in [0, 0.1) is 0 Å². The number of anilines is 1. The molecule has 0 aliphatic carbocycles. The van der Waals surface area contributed by atoms with Gasteiger partial charge in [-0.1, -0.05) is 23.9 Å². The summed E-state index contributed by atoms with van der Waals surface area (Å²) in [5, 5.41) is 12.4. The first kappa shape index (κ1) is 22.5. The summed E-state index contributed by atoms with van der Waals surface area (Å²) in [6.07, 6.45) is 3.60. The monoisotopic (exact) mass is 492 g/mol. The second-order valence-electron chi connectivity index (χ2n) is 8.25. The SMILES string of the molecule is Cn1cnnc1SCC(=O)Nc1ccc(C(=O)N2CCCC(c3nc4ccccc4s3)C2)cc1. The molecule has 1 atom stereocenters. The number of rotatable bonds is 6. The van der Waals surface area contributed by atoms with Gasteiger partial charge >= 0.3 is 0 Å². The van der Waals surface area contributed by atoms with E-state index < -0.39 is 0 Å². The van der Waals surface area contributed by atoms with Gasteiger partial charge in [-0.05, 0) is 49.2 Å². The van der Waals surface area contributed by atoms with Gasteiger partial charge < -0.3 is 14.8 Å². The van der Waals surface area contributed by atoms with Crippen LogP contribution in [0.2, 0.25) is 0 Å². The van der Waals surface area contributed by atoms with Crippen LogP contribution >= 0.6 is 23.1 Å². The second kappa shape index (κ2) is 9.94. The molecule has 10 heteroatoms. The molecular formula is C24H24N6O2S2. The fourth-order valence-corrected chi connectivity index (χ4v) is 5.82. The highest BCUT2D eigenvalue weighted by molar-refractivity contribution is 7.99. The van der Waals surface area contributed by atoms with E-state index in [0.717, 1.165) is 29.9 Å². The van der Waals surface area contributed by atoms with Crippen LogP contribution in [0.15, 0.2) is 60.0 Å². The first-order valence-electron chi connectivity index (χ1n) is 11.1. The van der Waals surface area contributed by atoms with Gasteiger partial charge in [0.15, 0.2) is 5.16 Å². The number of nitrogens with zero attached hydrogens (tertiary/aromatic N) is 5. The molecule has 174 valence electrons. The number of fused-ring (bicyclic) bond motifs is 1. The topological polar surface area (TPSA) is 93.0 Å². The maximum Gasteiger partial charge on any atom is 0.253 e. The number of thioether (sulfide) groups is 1. The van der Waals surface area contributed by atoms with E-state index in [1.165, 1.54) is 16.5 Å². The molecule has 1 unspecified atom stereocenters. The highest BCUT2D eigenvalue weighted by Crippen LogP contribution is 2.33. The predicted molar refractivity (Wildman–Crippen MR) is 134 cm³/mol. The molecule has 4 aromatic rings. The number of para-hydroxylation sites is 1. The predicted octanol–water partition coefficient (Wildman–Crippen LogP) is 4.18. The van der Waals surface area contributed by atoms with E-state index in [2.05, 4.69) is 21.6 Å². The molecule has 3 heterocycles. The van der Waals surface area contributed by atoms with E-state index in [1.807, 2.05) is 30.1 Å². The fourth-order valence-electron chi connectivity index (χ4n) is 4.04. The molecule has 2 aromatic carbocycles. The van der Waals surface area contributed by atoms with Crippen molar-refractivity contribution < 1.29 is 9.59 Å². The van der Waals surface area contributed by atoms with E-state index in [4.69, 9.17) is 4.98 Å². The normalized spacial score (nSPS) is 16.0. The summed E-state index contributed by atoms with van der Waals surface area (Å²) in [6, 6.07) is 15.3. The molecule has 5 rings (SSSR count). The second-order valence-corrected chi connectivity index (χ2v) is 10.3. The molecule has 0 spiro atoms. The lowest BCUT2D eigenvalue weighted by molar-refractivity contribution is -0.113. The van der Waals surface area contributed by atoms with Gasteiger partial charge in [0.05, 0.1) is 21.0 Å². The molecular weight excluding hydrogens is 468 g/mol. The molecule has 1 aliphatic heterocycles. The molecule has 1 N–H and O–H groups in total. The molecule has 2 aromatic heterocycles. The Morgan fingerprint density at radius 1 is 1.18 bits per heavy atom. The first-order chi connectivity index (χ1) is 16.6. The van der Waals surface area contributed by atoms with E-state index in [9.17, 15) is 9.59 Å². The van der Waals surface area contributed by atoms with Gasteiger partial charge in [0.2, 0.25) is 5.91 Å². The van der Waals surface area contributed by atoms with E-state index in [0.29, 0.717) is 23.0 Å². The molecule has 0 bridgehead atoms. The van der Waals surface area contributed by atoms with Crippen LogP contribution in [-0.4, -0.2) is 55.3 Å². The largest absolute Gasteiger partial charge is 0.338 e. The number of amides is 2. The van der Waals surface area contributed by atoms with Crippen molar-refractivity contribution in [2.24, 2.45) is 7.05 Å². The lowest BCUT2D eigenvalue weighted by Crippen LogP contribution is -2.39. The van der Waals surface area contributed by atoms with Crippen molar-refractivity contribution in [1.29, 1.82) is 0 Å². The number of aryl methyl sites for hydroxylation is 1. The molecule has 1 saturated heterocycles. The summed E-state index contributed by atoms with van der Waals surface area (Å²) >= 11 is 3.04. The van der Waals surface area contributed by atoms with Gasteiger partial charge in [0, 0.05) is 37.3 Å². The number of nitrogens with one attached hydrogen (secondary N) is 1. The summed E-state index contributed by atoms with van der Waals surface area (Å²) in [4.78, 5) is 32.1. The van der Waals surface area contributed by atoms with Crippen LogP contribution in [0.25, 0.3) is 10.2 Å². The summed E-state index contributed by atoms with van der Waals surface area (Å²) in [5.74, 6) is 0.372. The van der Waals surface area contributed by atoms with Gasteiger partial charge in [-0.2, -0.15) is 0 Å². The highest BCUT2D eigenvalue weighted by Gasteiger charge is 2.27. The molecule has 2 amide bonds. The number of benzene rings is 2. The van der Waals surface area contributed by atoms with Crippen LogP contribution < -0.4 is 5.32 Å². The van der Waals surface area contributed by atoms with Crippen LogP contribution in [0.1, 0.15) is 34.1 Å². The van der Waals surface area contributed by atoms with Gasteiger partial charge in [-0.3, -0.25) is 9.59 Å². The van der Waals surface area contributed by atoms with Gasteiger partial charge in [0.1, 0.15) is 6.33 Å². The summed E-state index contributed by atoms with van der Waals surface area (Å²) in [7, 11) is 1.83. The average Bonchev–Trinajstić information content (AvgIpc) is 3.49. The van der Waals surface area contributed by atoms with Gasteiger partial charge in [-0.25, -0.2) is 4.98 Å². The Hall–Kier alpha value is -3.24. The highest BCUT2D eigenvalue weighted by atomic mass is 32.2. The van der Waals surface area contributed by atoms with E-state index in [-0.39, 0.29) is 23.5 Å². The number of hydrogen-bond donors (Lipinski definition) is 1. The zero-order valence-corrected chi connectivity index (χ0v) is 20.3. The molecule has 8 nitrogen and oxygen atoms in total. The van der Waals surface area contributed by atoms with Crippen LogP contribution in [0.5, 0.6) is 0 Å². The third kappa shape index (κ3) is 4.97. The minimum atomic E-state index is -0.137. The minimum Gasteiger partial charge on any atom is -0.338 e. The van der Waals surface area contributed by atoms with E-state index >= 15 is 0 Å². The number of aromatic nitrogens is 4. The minimum absolute atomic E-state index is 0.0153. The van der Waals surface area contributed by atoms with Crippen LogP contribution in [0.3, 0.4) is 0 Å². The van der Waals surface area contributed by atoms with Crippen molar-refractivity contribution in [2.45, 2.75) is 23.9 Å². The zero-order valence-electron chi connectivity index (χ0n) is 18.7. The maximum atomic E-state index is 13.2. The smallest absolute Gasteiger partial charge is 0.253 e. The molecule has 34 heavy (non-hydrogen) atoms. The average molecular weight is 493 g/mol. The van der Waals surface area contributed by atoms with Gasteiger partial charge in [-0.15, -0.1) is 21.5 Å². The lowest BCUT2D eigenvalue weighted by Gasteiger charge is -2.32. The van der Waals surface area contributed by atoms with Crippen LogP contribution in [-0.2, 0) is 11.8 Å². The Morgan fingerprint density at radius 3 is 2.76 bits per heavy atom. The first-order valence-corrected chi connectivity index (χ1v) is 12.9. The Labute approximate surface area is 205 Å². The van der Waals surface area contributed by atoms with Gasteiger partial charge in [0.25, 0.3) is 5.91 Å². The number of carbonyl (C=O) groups is 2. The zero-order chi connectivity index (χ0) is 23.5. The van der Waals surface area contributed by atoms with Crippen molar-refractivity contribution in [3.8, 4) is 0 Å². The summed E-state index contributed by atoms with van der Waals surface area (Å²) in [5.41, 5.74) is 2.31. The maximum absolute atomic E-state index is 13.2. The van der Waals surface area contributed by atoms with Crippen molar-refractivity contribution in [3.63, 3.8) is 0 Å². The number of likely N-dealkylation sites (tertiary alicyclic amines) is 1. The number of hydrogen-bond acceptors (Lipinski definition) is 7. The van der Waals surface area contributed by atoms with Crippen molar-refractivity contribution in [3.05, 3.63) is 65.4 Å². The Balaban J connectivity index is 1.18. The standard InChI is InChI=1S/C24H24N6O2S2/c1-29-15-25-28-24(29)33-14-21(31)26-18-10-8-16(9-11-18)23(32)30-12-4-5-17(13-30)22-27-19-6-2-3-7-20(19)34-22/h2-3,6-11,15,17H,4-5,12-14H2,1H3,(H,26,31). The Morgan fingerprint density at radius 2 is 2.00 bits per heavy atom. The van der Waals surface area contributed by atoms with Crippen LogP contribution in [0.4, 0.5) is 5.69 Å². The van der Waals surface area contributed by atoms with E-state index in [1.54, 1.807) is 46.5 Å². The molecule has 1 fully saturated rings. The quantitative estimate of drug-likeness (QED) is 0.406. The Kier molecular flexibility index (Phi) is 6.59. The number of piperidine rings is 1. The van der Waals surface area contributed by atoms with Crippen molar-refractivity contribution in [2.75, 3.05) is 24.2 Å². The molecule has 0 radical (unpaired) electrons. The fraction of sp³-hybridized carbons (Fsp3) is 0.292. The van der Waals surface area contributed by atoms with Crippen molar-refractivity contribution >= 4 is 50.8 Å². The molecule has 0 saturated carbocycles. The summed E-state index contributed by atoms with van der Waals surface area (Å²) < 4.78 is 2.95. The van der Waals surface area contributed by atoms with Crippen molar-refractivity contribution in [1.82, 2.24) is 24.6 Å². The number of carbonyl (C=O) groups excluding carboxylic acids is 2. The lowest BCUT2D eigenvalue weighted by atomic mass is 9.98. The number of thiazole rings is 1. The third-order valence-corrected chi connectivity index (χ3v) is 8.02. The Bertz CT molecular complexity index is 1280. The summed E-state index contributed by atoms with van der Waals surface area (Å²) in [6.45, 7) is 1.42. The molecule has 1 aliphatic rings. The third-order valence-electron chi connectivity index (χ3n) is 5.79.